The van der Waals surface area contributed by atoms with Crippen molar-refractivity contribution in [2.45, 2.75) is 37.2 Å². The predicted molar refractivity (Wildman–Crippen MR) is 82.7 cm³/mol. The van der Waals surface area contributed by atoms with Crippen LogP contribution in [0.15, 0.2) is 23.1 Å². The molecule has 6 heteroatoms. The van der Waals surface area contributed by atoms with E-state index in [1.807, 2.05) is 26.1 Å². The molecule has 0 spiro atoms. The smallest absolute Gasteiger partial charge is 0.243 e. The van der Waals surface area contributed by atoms with E-state index in [9.17, 15) is 8.42 Å². The summed E-state index contributed by atoms with van der Waals surface area (Å²) in [6.45, 7) is 3.38. The van der Waals surface area contributed by atoms with Crippen LogP contribution in [0.5, 0.6) is 0 Å². The van der Waals surface area contributed by atoms with E-state index >= 15 is 0 Å². The first-order valence-electron chi connectivity index (χ1n) is 7.26. The average Bonchev–Trinajstić information content (AvgIpc) is 3.26. The fourth-order valence-corrected chi connectivity index (χ4v) is 4.43. The Morgan fingerprint density at radius 3 is 2.67 bits per heavy atom. The summed E-state index contributed by atoms with van der Waals surface area (Å²) in [6, 6.07) is 5.61. The number of methoxy groups -OCH3 is 1. The fraction of sp³-hybridized carbons (Fsp3) is 0.600. The van der Waals surface area contributed by atoms with Gasteiger partial charge in [0.2, 0.25) is 10.0 Å². The lowest BCUT2D eigenvalue weighted by Gasteiger charge is -2.23. The van der Waals surface area contributed by atoms with Crippen LogP contribution in [0.4, 0.5) is 0 Å². The van der Waals surface area contributed by atoms with Crippen LogP contribution < -0.4 is 5.32 Å². The molecule has 1 aliphatic rings. The topological polar surface area (TPSA) is 58.6 Å². The van der Waals surface area contributed by atoms with Gasteiger partial charge in [-0.25, -0.2) is 8.42 Å². The highest BCUT2D eigenvalue weighted by molar-refractivity contribution is 7.89. The molecule has 1 saturated carbocycles. The van der Waals surface area contributed by atoms with Gasteiger partial charge in [0.05, 0.1) is 11.5 Å². The summed E-state index contributed by atoms with van der Waals surface area (Å²) >= 11 is 0. The van der Waals surface area contributed by atoms with E-state index < -0.39 is 10.0 Å². The van der Waals surface area contributed by atoms with Crippen LogP contribution in [0.3, 0.4) is 0 Å². The normalized spacial score (nSPS) is 15.6. The van der Waals surface area contributed by atoms with Gasteiger partial charge in [0.25, 0.3) is 0 Å². The zero-order valence-electron chi connectivity index (χ0n) is 12.9. The first-order valence-corrected chi connectivity index (χ1v) is 8.70. The average molecular weight is 312 g/mol. The second kappa shape index (κ2) is 6.87. The first kappa shape index (κ1) is 16.4. The maximum atomic E-state index is 12.9. The molecule has 118 valence electrons. The van der Waals surface area contributed by atoms with E-state index in [0.29, 0.717) is 24.6 Å². The second-order valence-electron chi connectivity index (χ2n) is 5.41. The van der Waals surface area contributed by atoms with Crippen LogP contribution in [0, 0.1) is 6.92 Å². The Morgan fingerprint density at radius 2 is 2.10 bits per heavy atom. The zero-order valence-corrected chi connectivity index (χ0v) is 13.7. The monoisotopic (exact) mass is 312 g/mol. The molecule has 0 aromatic heterocycles. The summed E-state index contributed by atoms with van der Waals surface area (Å²) in [6.07, 6.45) is 1.89. The Kier molecular flexibility index (Phi) is 5.37. The molecule has 0 radical (unpaired) electrons. The third-order valence-corrected chi connectivity index (χ3v) is 5.92. The van der Waals surface area contributed by atoms with Gasteiger partial charge in [-0.1, -0.05) is 12.1 Å². The van der Waals surface area contributed by atoms with Crippen LogP contribution in [-0.2, 0) is 21.3 Å². The summed E-state index contributed by atoms with van der Waals surface area (Å²) < 4.78 is 32.6. The third-order valence-electron chi connectivity index (χ3n) is 3.82. The summed E-state index contributed by atoms with van der Waals surface area (Å²) in [5, 5.41) is 3.07. The van der Waals surface area contributed by atoms with Crippen molar-refractivity contribution in [3.8, 4) is 0 Å². The molecule has 0 heterocycles. The molecular weight excluding hydrogens is 288 g/mol. The SMILES string of the molecule is CNCc1cccc(S(=O)(=O)N(CCOC)C2CC2)c1C. The number of benzene rings is 1. The van der Waals surface area contributed by atoms with Gasteiger partial charge in [0.1, 0.15) is 0 Å². The molecule has 1 N–H and O–H groups in total. The molecule has 2 rings (SSSR count). The minimum absolute atomic E-state index is 0.137. The van der Waals surface area contributed by atoms with Crippen molar-refractivity contribution in [1.82, 2.24) is 9.62 Å². The van der Waals surface area contributed by atoms with Crippen molar-refractivity contribution in [2.75, 3.05) is 27.3 Å². The van der Waals surface area contributed by atoms with E-state index in [4.69, 9.17) is 4.74 Å². The van der Waals surface area contributed by atoms with Gasteiger partial charge in [-0.05, 0) is 44.0 Å². The van der Waals surface area contributed by atoms with Crippen LogP contribution in [0.25, 0.3) is 0 Å². The van der Waals surface area contributed by atoms with E-state index in [1.54, 1.807) is 17.5 Å². The van der Waals surface area contributed by atoms with Crippen molar-refractivity contribution in [2.24, 2.45) is 0 Å². The Morgan fingerprint density at radius 1 is 1.38 bits per heavy atom. The van der Waals surface area contributed by atoms with E-state index in [1.165, 1.54) is 0 Å². The highest BCUT2D eigenvalue weighted by Crippen LogP contribution is 2.33. The Labute approximate surface area is 127 Å². The molecule has 0 amide bonds. The second-order valence-corrected chi connectivity index (χ2v) is 7.27. The molecule has 1 aliphatic carbocycles. The summed E-state index contributed by atoms with van der Waals surface area (Å²) in [5.74, 6) is 0. The number of nitrogens with zero attached hydrogens (tertiary/aromatic N) is 1. The molecule has 1 aromatic rings. The maximum absolute atomic E-state index is 12.9. The summed E-state index contributed by atoms with van der Waals surface area (Å²) in [4.78, 5) is 0.415. The van der Waals surface area contributed by atoms with Gasteiger partial charge in [-0.15, -0.1) is 0 Å². The van der Waals surface area contributed by atoms with E-state index in [-0.39, 0.29) is 6.04 Å². The lowest BCUT2D eigenvalue weighted by atomic mass is 10.1. The van der Waals surface area contributed by atoms with Gasteiger partial charge in [0, 0.05) is 26.2 Å². The molecule has 0 saturated heterocycles. The number of nitrogens with one attached hydrogen (secondary N) is 1. The molecule has 21 heavy (non-hydrogen) atoms. The van der Waals surface area contributed by atoms with Crippen molar-refractivity contribution >= 4 is 10.0 Å². The molecule has 1 fully saturated rings. The first-order chi connectivity index (χ1) is 10.0. The van der Waals surface area contributed by atoms with Crippen LogP contribution >= 0.6 is 0 Å². The largest absolute Gasteiger partial charge is 0.383 e. The molecule has 5 nitrogen and oxygen atoms in total. The predicted octanol–water partition coefficient (Wildman–Crippen LogP) is 1.51. The molecule has 0 aliphatic heterocycles. The molecule has 0 bridgehead atoms. The highest BCUT2D eigenvalue weighted by atomic mass is 32.2. The van der Waals surface area contributed by atoms with Gasteiger partial charge in [-0.2, -0.15) is 4.31 Å². The number of sulfonamides is 1. The van der Waals surface area contributed by atoms with Crippen molar-refractivity contribution in [1.29, 1.82) is 0 Å². The van der Waals surface area contributed by atoms with E-state index in [2.05, 4.69) is 5.32 Å². The fourth-order valence-electron chi connectivity index (χ4n) is 2.49. The van der Waals surface area contributed by atoms with Crippen molar-refractivity contribution in [3.05, 3.63) is 29.3 Å². The Bertz CT molecular complexity index is 583. The maximum Gasteiger partial charge on any atom is 0.243 e. The molecule has 1 aromatic carbocycles. The molecule has 0 atom stereocenters. The number of hydrogen-bond acceptors (Lipinski definition) is 4. The van der Waals surface area contributed by atoms with Crippen LogP contribution in [0.2, 0.25) is 0 Å². The number of rotatable bonds is 8. The molecular formula is C15H24N2O3S. The molecule has 0 unspecified atom stereocenters. The van der Waals surface area contributed by atoms with Gasteiger partial charge in [0.15, 0.2) is 0 Å². The zero-order chi connectivity index (χ0) is 15.5. The van der Waals surface area contributed by atoms with Gasteiger partial charge in [-0.3, -0.25) is 0 Å². The van der Waals surface area contributed by atoms with Gasteiger partial charge >= 0.3 is 0 Å². The van der Waals surface area contributed by atoms with Crippen LogP contribution in [-0.4, -0.2) is 46.1 Å². The lowest BCUT2D eigenvalue weighted by Crippen LogP contribution is -2.36. The van der Waals surface area contributed by atoms with Crippen LogP contribution in [0.1, 0.15) is 24.0 Å². The Balaban J connectivity index is 2.35. The van der Waals surface area contributed by atoms with Crippen molar-refractivity contribution in [3.63, 3.8) is 0 Å². The minimum atomic E-state index is -3.46. The quantitative estimate of drug-likeness (QED) is 0.790. The number of hydrogen-bond donors (Lipinski definition) is 1. The number of ether oxygens (including phenoxy) is 1. The summed E-state index contributed by atoms with van der Waals surface area (Å²) in [5.41, 5.74) is 1.84. The standard InChI is InChI=1S/C15H24N2O3S/c1-12-13(11-16-2)5-4-6-15(12)21(18,19)17(9-10-20-3)14-7-8-14/h4-6,14,16H,7-11H2,1-3H3. The van der Waals surface area contributed by atoms with E-state index in [0.717, 1.165) is 24.0 Å². The minimum Gasteiger partial charge on any atom is -0.383 e. The van der Waals surface area contributed by atoms with Gasteiger partial charge < -0.3 is 10.1 Å². The summed E-state index contributed by atoms with van der Waals surface area (Å²) in [7, 11) is -0.00541. The third kappa shape index (κ3) is 3.63. The highest BCUT2D eigenvalue weighted by Gasteiger charge is 2.38. The Hall–Kier alpha value is -0.950. The van der Waals surface area contributed by atoms with Crippen molar-refractivity contribution < 1.29 is 13.2 Å². The lowest BCUT2D eigenvalue weighted by molar-refractivity contribution is 0.177.